The first-order valence-corrected chi connectivity index (χ1v) is 6.26. The number of nitrogens with zero attached hydrogens (tertiary/aromatic N) is 1. The highest BCUT2D eigenvalue weighted by atomic mass is 19.2. The number of aromatic carboxylic acids is 1. The average molecular weight is 287 g/mol. The molecule has 0 saturated carbocycles. The monoisotopic (exact) mass is 287 g/mol. The lowest BCUT2D eigenvalue weighted by atomic mass is 10.0. The molecule has 0 amide bonds. The van der Waals surface area contributed by atoms with Crippen LogP contribution in [0.15, 0.2) is 42.5 Å². The number of rotatable bonds is 2. The van der Waals surface area contributed by atoms with E-state index in [1.807, 2.05) is 0 Å². The molecule has 1 aromatic heterocycles. The maximum Gasteiger partial charge on any atom is 0.352 e. The second-order valence-corrected chi connectivity index (χ2v) is 4.77. The molecule has 3 rings (SSSR count). The molecular weight excluding hydrogens is 276 g/mol. The fraction of sp³-hybridized carbons (Fsp3) is 0.0625. The summed E-state index contributed by atoms with van der Waals surface area (Å²) in [5.74, 6) is -2.88. The number of carboxylic acid groups (broad SMARTS) is 1. The van der Waals surface area contributed by atoms with Gasteiger partial charge in [0, 0.05) is 18.0 Å². The molecule has 3 aromatic rings. The molecule has 21 heavy (non-hydrogen) atoms. The van der Waals surface area contributed by atoms with Crippen molar-refractivity contribution in [3.05, 3.63) is 59.8 Å². The molecule has 1 heterocycles. The number of carboxylic acids is 1. The summed E-state index contributed by atoms with van der Waals surface area (Å²) < 4.78 is 28.0. The van der Waals surface area contributed by atoms with Crippen LogP contribution in [0.4, 0.5) is 8.78 Å². The smallest absolute Gasteiger partial charge is 0.352 e. The predicted octanol–water partition coefficient (Wildman–Crippen LogP) is 3.82. The molecule has 0 aliphatic heterocycles. The van der Waals surface area contributed by atoms with Crippen molar-refractivity contribution in [1.82, 2.24) is 4.57 Å². The summed E-state index contributed by atoms with van der Waals surface area (Å²) in [5, 5.41) is 9.91. The van der Waals surface area contributed by atoms with Crippen molar-refractivity contribution >= 4 is 16.9 Å². The van der Waals surface area contributed by atoms with Crippen LogP contribution in [0.2, 0.25) is 0 Å². The van der Waals surface area contributed by atoms with Gasteiger partial charge in [0.2, 0.25) is 0 Å². The first kappa shape index (κ1) is 13.3. The Morgan fingerprint density at radius 1 is 1.10 bits per heavy atom. The minimum Gasteiger partial charge on any atom is -0.477 e. The van der Waals surface area contributed by atoms with Gasteiger partial charge in [0.1, 0.15) is 5.69 Å². The van der Waals surface area contributed by atoms with Crippen LogP contribution in [0.1, 0.15) is 10.5 Å². The van der Waals surface area contributed by atoms with Crippen molar-refractivity contribution in [3.63, 3.8) is 0 Å². The molecule has 0 unspecified atom stereocenters. The van der Waals surface area contributed by atoms with Gasteiger partial charge in [-0.1, -0.05) is 24.3 Å². The van der Waals surface area contributed by atoms with Gasteiger partial charge in [-0.25, -0.2) is 13.6 Å². The molecule has 0 bridgehead atoms. The maximum absolute atomic E-state index is 13.4. The van der Waals surface area contributed by atoms with E-state index in [9.17, 15) is 18.7 Å². The molecule has 0 saturated heterocycles. The summed E-state index contributed by atoms with van der Waals surface area (Å²) >= 11 is 0. The summed E-state index contributed by atoms with van der Waals surface area (Å²) in [4.78, 5) is 11.2. The minimum atomic E-state index is -1.04. The summed E-state index contributed by atoms with van der Waals surface area (Å²) in [6.45, 7) is 0. The van der Waals surface area contributed by atoms with Gasteiger partial charge >= 0.3 is 5.97 Å². The first-order valence-electron chi connectivity index (χ1n) is 6.26. The van der Waals surface area contributed by atoms with E-state index in [-0.39, 0.29) is 5.69 Å². The normalized spacial score (nSPS) is 11.0. The lowest BCUT2D eigenvalue weighted by Gasteiger charge is -2.08. The number of hydrogen-bond donors (Lipinski definition) is 1. The summed E-state index contributed by atoms with van der Waals surface area (Å²) in [7, 11) is 1.63. The zero-order valence-corrected chi connectivity index (χ0v) is 11.1. The van der Waals surface area contributed by atoms with Crippen LogP contribution in [0.5, 0.6) is 0 Å². The van der Waals surface area contributed by atoms with E-state index >= 15 is 0 Å². The fourth-order valence-electron chi connectivity index (χ4n) is 2.52. The molecule has 5 heteroatoms. The Hall–Kier alpha value is -2.69. The molecule has 0 radical (unpaired) electrons. The molecule has 0 atom stereocenters. The van der Waals surface area contributed by atoms with E-state index in [0.29, 0.717) is 16.6 Å². The average Bonchev–Trinajstić information content (AvgIpc) is 2.80. The van der Waals surface area contributed by atoms with E-state index in [4.69, 9.17) is 0 Å². The van der Waals surface area contributed by atoms with Gasteiger partial charge in [-0.2, -0.15) is 0 Å². The summed E-state index contributed by atoms with van der Waals surface area (Å²) in [6.07, 6.45) is 0. The third-order valence-electron chi connectivity index (χ3n) is 3.51. The van der Waals surface area contributed by atoms with Crippen LogP contribution in [0.3, 0.4) is 0 Å². The summed E-state index contributed by atoms with van der Waals surface area (Å²) in [5.41, 5.74) is 1.96. The van der Waals surface area contributed by atoms with Crippen molar-refractivity contribution in [3.8, 4) is 11.1 Å². The van der Waals surface area contributed by atoms with Gasteiger partial charge in [0.15, 0.2) is 11.6 Å². The van der Waals surface area contributed by atoms with Crippen LogP contribution < -0.4 is 0 Å². The number of para-hydroxylation sites is 1. The van der Waals surface area contributed by atoms with Crippen LogP contribution >= 0.6 is 0 Å². The van der Waals surface area contributed by atoms with Gasteiger partial charge < -0.3 is 9.67 Å². The number of halogens is 2. The Bertz CT molecular complexity index is 868. The largest absolute Gasteiger partial charge is 0.477 e. The van der Waals surface area contributed by atoms with Crippen LogP contribution in [0, 0.1) is 11.6 Å². The van der Waals surface area contributed by atoms with Crippen molar-refractivity contribution in [2.24, 2.45) is 7.05 Å². The third-order valence-corrected chi connectivity index (χ3v) is 3.51. The molecule has 2 aromatic carbocycles. The quantitative estimate of drug-likeness (QED) is 0.778. The number of aryl methyl sites for hydroxylation is 1. The van der Waals surface area contributed by atoms with Crippen LogP contribution in [-0.2, 0) is 7.05 Å². The standard InChI is InChI=1S/C16H11F2NO2/c1-19-14(16(20)21)8-10-3-2-4-11(15(10)19)9-5-6-12(17)13(18)7-9/h2-8H,1H3,(H,20,21). The lowest BCUT2D eigenvalue weighted by molar-refractivity contribution is 0.0687. The van der Waals surface area contributed by atoms with Crippen molar-refractivity contribution < 1.29 is 18.7 Å². The van der Waals surface area contributed by atoms with E-state index in [0.717, 1.165) is 17.5 Å². The molecule has 106 valence electrons. The fourth-order valence-corrected chi connectivity index (χ4v) is 2.52. The van der Waals surface area contributed by atoms with Gasteiger partial charge in [-0.15, -0.1) is 0 Å². The highest BCUT2D eigenvalue weighted by molar-refractivity contribution is 6.00. The number of fused-ring (bicyclic) bond motifs is 1. The van der Waals surface area contributed by atoms with Crippen LogP contribution in [-0.4, -0.2) is 15.6 Å². The van der Waals surface area contributed by atoms with Gasteiger partial charge in [0.25, 0.3) is 0 Å². The molecule has 0 aliphatic rings. The topological polar surface area (TPSA) is 42.2 Å². The molecule has 0 spiro atoms. The Balaban J connectivity index is 2.32. The van der Waals surface area contributed by atoms with E-state index < -0.39 is 17.6 Å². The number of carbonyl (C=O) groups is 1. The van der Waals surface area contributed by atoms with Gasteiger partial charge in [-0.05, 0) is 23.8 Å². The van der Waals surface area contributed by atoms with Crippen molar-refractivity contribution in [1.29, 1.82) is 0 Å². The zero-order valence-electron chi connectivity index (χ0n) is 11.1. The van der Waals surface area contributed by atoms with E-state index in [1.165, 1.54) is 10.6 Å². The lowest BCUT2D eigenvalue weighted by Crippen LogP contribution is -2.04. The van der Waals surface area contributed by atoms with E-state index in [1.54, 1.807) is 31.3 Å². The molecule has 3 nitrogen and oxygen atoms in total. The second kappa shape index (κ2) is 4.70. The zero-order chi connectivity index (χ0) is 15.1. The van der Waals surface area contributed by atoms with Gasteiger partial charge in [0.05, 0.1) is 5.52 Å². The highest BCUT2D eigenvalue weighted by Crippen LogP contribution is 2.31. The Kier molecular flexibility index (Phi) is 2.97. The summed E-state index contributed by atoms with van der Waals surface area (Å²) in [6, 6.07) is 10.5. The van der Waals surface area contributed by atoms with Crippen molar-refractivity contribution in [2.45, 2.75) is 0 Å². The molecule has 0 fully saturated rings. The van der Waals surface area contributed by atoms with Gasteiger partial charge in [-0.3, -0.25) is 0 Å². The number of aromatic nitrogens is 1. The van der Waals surface area contributed by atoms with E-state index in [2.05, 4.69) is 0 Å². The number of benzene rings is 2. The molecule has 0 aliphatic carbocycles. The van der Waals surface area contributed by atoms with Crippen LogP contribution in [0.25, 0.3) is 22.0 Å². The first-order chi connectivity index (χ1) is 9.99. The Morgan fingerprint density at radius 2 is 1.86 bits per heavy atom. The SMILES string of the molecule is Cn1c(C(=O)O)cc2cccc(-c3ccc(F)c(F)c3)c21. The third kappa shape index (κ3) is 2.07. The molecular formula is C16H11F2NO2. The number of hydrogen-bond acceptors (Lipinski definition) is 1. The van der Waals surface area contributed by atoms with Crippen molar-refractivity contribution in [2.75, 3.05) is 0 Å². The minimum absolute atomic E-state index is 0.139. The predicted molar refractivity (Wildman–Crippen MR) is 75.2 cm³/mol. The highest BCUT2D eigenvalue weighted by Gasteiger charge is 2.15. The Labute approximate surface area is 119 Å². The second-order valence-electron chi connectivity index (χ2n) is 4.77. The Morgan fingerprint density at radius 3 is 2.52 bits per heavy atom. The maximum atomic E-state index is 13.4. The molecule has 1 N–H and O–H groups in total.